The van der Waals surface area contributed by atoms with Crippen molar-refractivity contribution in [3.8, 4) is 22.7 Å². The SMILES string of the molecule is C[C@H](N)CCCc1cc(OC(F)(F)F)c(F)c(-c2cc3cn(-c4ccc([C@H](C)NCC[C@H](CCN)NC(=N)N)cc4)c(=O)nc3[nH]2)c1. The summed E-state index contributed by atoms with van der Waals surface area (Å²) in [5, 5.41) is 14.2. The Labute approximate surface area is 269 Å². The predicted molar refractivity (Wildman–Crippen MR) is 174 cm³/mol. The fourth-order valence-electron chi connectivity index (χ4n) is 5.37. The van der Waals surface area contributed by atoms with Crippen molar-refractivity contribution in [2.75, 3.05) is 13.1 Å². The minimum absolute atomic E-state index is 0.0104. The largest absolute Gasteiger partial charge is 0.573 e. The van der Waals surface area contributed by atoms with Crippen LogP contribution in [0.1, 0.15) is 56.7 Å². The number of aromatic nitrogens is 3. The summed E-state index contributed by atoms with van der Waals surface area (Å²) < 4.78 is 60.0. The van der Waals surface area contributed by atoms with Crippen LogP contribution in [0.25, 0.3) is 28.0 Å². The van der Waals surface area contributed by atoms with Crippen LogP contribution < -0.4 is 38.3 Å². The van der Waals surface area contributed by atoms with E-state index in [1.165, 1.54) is 16.7 Å². The van der Waals surface area contributed by atoms with Crippen LogP contribution in [0.2, 0.25) is 0 Å². The molecule has 0 spiro atoms. The molecular formula is C32H41F4N9O2. The van der Waals surface area contributed by atoms with E-state index in [0.717, 1.165) is 18.1 Å². The molecular weight excluding hydrogens is 618 g/mol. The molecule has 4 aromatic rings. The van der Waals surface area contributed by atoms with Crippen LogP contribution in [0.5, 0.6) is 5.75 Å². The molecule has 15 heteroatoms. The zero-order valence-corrected chi connectivity index (χ0v) is 26.3. The van der Waals surface area contributed by atoms with E-state index in [-0.39, 0.29) is 41.0 Å². The number of alkyl halides is 3. The summed E-state index contributed by atoms with van der Waals surface area (Å²) >= 11 is 0. The number of guanidine groups is 1. The van der Waals surface area contributed by atoms with Crippen LogP contribution in [0.15, 0.2) is 53.5 Å². The Morgan fingerprint density at radius 3 is 2.49 bits per heavy atom. The van der Waals surface area contributed by atoms with Crippen LogP contribution >= 0.6 is 0 Å². The maximum atomic E-state index is 15.4. The van der Waals surface area contributed by atoms with Crippen molar-refractivity contribution in [3.63, 3.8) is 0 Å². The molecule has 2 aromatic heterocycles. The van der Waals surface area contributed by atoms with Gasteiger partial charge in [0.2, 0.25) is 0 Å². The van der Waals surface area contributed by atoms with Crippen molar-refractivity contribution >= 4 is 17.0 Å². The number of ether oxygens (including phenoxy) is 1. The number of hydrogen-bond donors (Lipinski definition) is 7. The highest BCUT2D eigenvalue weighted by Crippen LogP contribution is 2.35. The van der Waals surface area contributed by atoms with Gasteiger partial charge in [-0.1, -0.05) is 12.1 Å². The Morgan fingerprint density at radius 2 is 1.85 bits per heavy atom. The Kier molecular flexibility index (Phi) is 11.6. The number of hydrogen-bond acceptors (Lipinski definition) is 7. The molecule has 4 rings (SSSR count). The molecule has 2 heterocycles. The van der Waals surface area contributed by atoms with Crippen molar-refractivity contribution in [1.29, 1.82) is 5.41 Å². The fourth-order valence-corrected chi connectivity index (χ4v) is 5.37. The van der Waals surface area contributed by atoms with E-state index in [2.05, 4.69) is 25.3 Å². The van der Waals surface area contributed by atoms with Crippen LogP contribution in [-0.4, -0.2) is 52.0 Å². The molecule has 47 heavy (non-hydrogen) atoms. The lowest BCUT2D eigenvalue weighted by Crippen LogP contribution is -2.42. The number of aryl methyl sites for hydroxylation is 1. The summed E-state index contributed by atoms with van der Waals surface area (Å²) in [6.45, 7) is 4.96. The number of nitrogens with two attached hydrogens (primary N) is 3. The summed E-state index contributed by atoms with van der Waals surface area (Å²) in [6, 6.07) is 11.2. The maximum Gasteiger partial charge on any atom is 0.573 e. The number of rotatable bonds is 15. The Hall–Kier alpha value is -4.47. The molecule has 10 N–H and O–H groups in total. The van der Waals surface area contributed by atoms with Crippen molar-refractivity contribution in [2.45, 2.75) is 70.4 Å². The smallest absolute Gasteiger partial charge is 0.403 e. The molecule has 0 aliphatic heterocycles. The van der Waals surface area contributed by atoms with Crippen molar-refractivity contribution in [2.24, 2.45) is 17.2 Å². The maximum absolute atomic E-state index is 15.4. The lowest BCUT2D eigenvalue weighted by Gasteiger charge is -2.20. The number of nitrogens with zero attached hydrogens (tertiary/aromatic N) is 2. The number of halogens is 4. The van der Waals surface area contributed by atoms with Crippen molar-refractivity contribution in [1.82, 2.24) is 25.2 Å². The third kappa shape index (κ3) is 9.76. The number of benzene rings is 2. The van der Waals surface area contributed by atoms with Gasteiger partial charge in [-0.3, -0.25) is 9.98 Å². The Bertz CT molecular complexity index is 1720. The second-order valence-electron chi connectivity index (χ2n) is 11.6. The molecule has 0 bridgehead atoms. The van der Waals surface area contributed by atoms with Gasteiger partial charge in [-0.15, -0.1) is 13.2 Å². The Balaban J connectivity index is 1.56. The normalized spacial score (nSPS) is 13.8. The van der Waals surface area contributed by atoms with Gasteiger partial charge in [-0.05, 0) is 100 Å². The van der Waals surface area contributed by atoms with E-state index in [1.54, 1.807) is 18.3 Å². The first kappa shape index (κ1) is 35.4. The predicted octanol–water partition coefficient (Wildman–Crippen LogP) is 4.33. The number of aromatic amines is 1. The topological polar surface area (TPSA) is 186 Å². The molecule has 3 atom stereocenters. The molecule has 0 amide bonds. The van der Waals surface area contributed by atoms with Crippen LogP contribution in [0.4, 0.5) is 17.6 Å². The van der Waals surface area contributed by atoms with E-state index < -0.39 is 23.6 Å². The van der Waals surface area contributed by atoms with Crippen molar-refractivity contribution < 1.29 is 22.3 Å². The van der Waals surface area contributed by atoms with E-state index in [4.69, 9.17) is 22.6 Å². The second kappa shape index (κ2) is 15.4. The van der Waals surface area contributed by atoms with Gasteiger partial charge in [0, 0.05) is 35.3 Å². The van der Waals surface area contributed by atoms with Gasteiger partial charge in [0.25, 0.3) is 0 Å². The quantitative estimate of drug-likeness (QED) is 0.0558. The lowest BCUT2D eigenvalue weighted by molar-refractivity contribution is -0.275. The standard InChI is InChI=1S/C32H41F4N9O2/c1-18(38)4-3-5-20-14-25(28(33)27(15-20)47-32(34,35)36)26-16-22-17-45(31(46)44-29(22)43-26)24-8-6-21(7-9-24)19(2)41-13-11-23(10-12-37)42-30(39)40/h6-9,14-19,23,41H,3-5,10-13,37-38H2,1-2H3,(H4,39,40,42)(H,43,44,46)/t18-,19-,23-/m0/s1. The molecule has 11 nitrogen and oxygen atoms in total. The highest BCUT2D eigenvalue weighted by molar-refractivity contribution is 5.83. The minimum atomic E-state index is -5.09. The Morgan fingerprint density at radius 1 is 1.13 bits per heavy atom. The molecule has 0 unspecified atom stereocenters. The molecule has 0 aliphatic carbocycles. The molecule has 0 saturated carbocycles. The molecule has 0 radical (unpaired) electrons. The van der Waals surface area contributed by atoms with Crippen LogP contribution in [0, 0.1) is 11.2 Å². The molecule has 254 valence electrons. The molecule has 0 saturated heterocycles. The molecule has 0 fully saturated rings. The summed E-state index contributed by atoms with van der Waals surface area (Å²) in [5.41, 5.74) is 18.4. The highest BCUT2D eigenvalue weighted by atomic mass is 19.4. The highest BCUT2D eigenvalue weighted by Gasteiger charge is 2.33. The summed E-state index contributed by atoms with van der Waals surface area (Å²) in [7, 11) is 0. The third-order valence-corrected chi connectivity index (χ3v) is 7.74. The summed E-state index contributed by atoms with van der Waals surface area (Å²) in [6.07, 6.45) is -0.555. The summed E-state index contributed by atoms with van der Waals surface area (Å²) in [4.78, 5) is 20.0. The van der Waals surface area contributed by atoms with E-state index in [9.17, 15) is 18.0 Å². The summed E-state index contributed by atoms with van der Waals surface area (Å²) in [5.74, 6) is -2.23. The van der Waals surface area contributed by atoms with Gasteiger partial charge < -0.3 is 37.6 Å². The number of fused-ring (bicyclic) bond motifs is 1. The number of H-pyrrole nitrogens is 1. The zero-order chi connectivity index (χ0) is 34.3. The second-order valence-corrected chi connectivity index (χ2v) is 11.6. The lowest BCUT2D eigenvalue weighted by atomic mass is 10.0. The van der Waals surface area contributed by atoms with Crippen LogP contribution in [-0.2, 0) is 6.42 Å². The van der Waals surface area contributed by atoms with Gasteiger partial charge in [0.05, 0.1) is 11.4 Å². The first-order chi connectivity index (χ1) is 22.2. The average Bonchev–Trinajstić information content (AvgIpc) is 3.39. The molecule has 0 aliphatic rings. The average molecular weight is 660 g/mol. The van der Waals surface area contributed by atoms with Gasteiger partial charge in [-0.2, -0.15) is 4.98 Å². The van der Waals surface area contributed by atoms with E-state index in [0.29, 0.717) is 55.4 Å². The van der Waals surface area contributed by atoms with Crippen molar-refractivity contribution in [3.05, 3.63) is 76.1 Å². The van der Waals surface area contributed by atoms with Gasteiger partial charge in [0.1, 0.15) is 5.65 Å². The third-order valence-electron chi connectivity index (χ3n) is 7.74. The van der Waals surface area contributed by atoms with Gasteiger partial charge >= 0.3 is 12.1 Å². The van der Waals surface area contributed by atoms with E-state index >= 15 is 4.39 Å². The fraction of sp³-hybridized carbons (Fsp3) is 0.406. The number of nitrogens with one attached hydrogen (secondary N) is 4. The monoisotopic (exact) mass is 659 g/mol. The first-order valence-electron chi connectivity index (χ1n) is 15.3. The van der Waals surface area contributed by atoms with Gasteiger partial charge in [-0.25, -0.2) is 9.18 Å². The minimum Gasteiger partial charge on any atom is -0.403 e. The molecule has 2 aromatic carbocycles. The first-order valence-corrected chi connectivity index (χ1v) is 15.3. The van der Waals surface area contributed by atoms with E-state index in [1.807, 2.05) is 26.0 Å². The van der Waals surface area contributed by atoms with Gasteiger partial charge in [0.15, 0.2) is 17.5 Å². The zero-order valence-electron chi connectivity index (χ0n) is 26.3. The van der Waals surface area contributed by atoms with Crippen LogP contribution in [0.3, 0.4) is 0 Å².